The second-order valence-electron chi connectivity index (χ2n) is 8.83. The van der Waals surface area contributed by atoms with Crippen molar-refractivity contribution >= 4 is 28.3 Å². The van der Waals surface area contributed by atoms with E-state index < -0.39 is 17.8 Å². The first kappa shape index (κ1) is 26.5. The third-order valence-electron chi connectivity index (χ3n) is 6.17. The average molecular weight is 518 g/mol. The lowest BCUT2D eigenvalue weighted by Gasteiger charge is -2.27. The van der Waals surface area contributed by atoms with Crippen LogP contribution in [0.5, 0.6) is 5.75 Å². The number of hydrogen-bond acceptors (Lipinski definition) is 7. The van der Waals surface area contributed by atoms with E-state index in [-0.39, 0.29) is 5.91 Å². The molecule has 2 N–H and O–H groups in total. The molecule has 37 heavy (non-hydrogen) atoms. The van der Waals surface area contributed by atoms with Crippen molar-refractivity contribution in [1.29, 1.82) is 0 Å². The van der Waals surface area contributed by atoms with Gasteiger partial charge in [-0.2, -0.15) is 13.2 Å². The molecule has 1 aliphatic heterocycles. The number of benzene rings is 2. The number of morpholine rings is 1. The topological polar surface area (TPSA) is 88.6 Å². The molecule has 0 unspecified atom stereocenters. The van der Waals surface area contributed by atoms with Crippen molar-refractivity contribution in [2.75, 3.05) is 50.6 Å². The van der Waals surface area contributed by atoms with E-state index in [1.165, 1.54) is 7.11 Å². The maximum absolute atomic E-state index is 13.5. The van der Waals surface area contributed by atoms with Crippen LogP contribution in [0.15, 0.2) is 30.3 Å². The summed E-state index contributed by atoms with van der Waals surface area (Å²) in [6, 6.07) is 6.76. The van der Waals surface area contributed by atoms with Crippen LogP contribution in [-0.2, 0) is 10.9 Å². The van der Waals surface area contributed by atoms with Crippen LogP contribution in [-0.4, -0.2) is 60.7 Å². The molecule has 1 aromatic heterocycles. The number of alkyl halides is 3. The van der Waals surface area contributed by atoms with Crippen molar-refractivity contribution < 1.29 is 27.4 Å². The number of carbonyl (C=O) groups is 1. The van der Waals surface area contributed by atoms with Crippen molar-refractivity contribution in [3.63, 3.8) is 0 Å². The van der Waals surface area contributed by atoms with Gasteiger partial charge in [-0.3, -0.25) is 4.79 Å². The minimum absolute atomic E-state index is 0.180. The van der Waals surface area contributed by atoms with Gasteiger partial charge in [0.15, 0.2) is 0 Å². The number of amides is 1. The van der Waals surface area contributed by atoms with Gasteiger partial charge in [0.1, 0.15) is 17.4 Å². The number of halogens is 3. The Kier molecular flexibility index (Phi) is 7.72. The monoisotopic (exact) mass is 517 g/mol. The van der Waals surface area contributed by atoms with Crippen LogP contribution in [0.25, 0.3) is 10.9 Å². The Morgan fingerprint density at radius 1 is 1.16 bits per heavy atom. The Morgan fingerprint density at radius 2 is 1.89 bits per heavy atom. The van der Waals surface area contributed by atoms with Gasteiger partial charge in [0.2, 0.25) is 0 Å². The van der Waals surface area contributed by atoms with Gasteiger partial charge in [-0.1, -0.05) is 0 Å². The Hall–Kier alpha value is -3.60. The molecule has 1 aliphatic rings. The van der Waals surface area contributed by atoms with E-state index in [1.54, 1.807) is 36.9 Å². The number of anilines is 2. The van der Waals surface area contributed by atoms with Gasteiger partial charge >= 0.3 is 6.18 Å². The zero-order chi connectivity index (χ0) is 26.7. The molecule has 1 fully saturated rings. The number of carbonyl (C=O) groups excluding carboxylic acids is 1. The molecule has 0 spiro atoms. The summed E-state index contributed by atoms with van der Waals surface area (Å²) in [6.45, 7) is 7.71. The second-order valence-corrected chi connectivity index (χ2v) is 8.83. The third kappa shape index (κ3) is 5.87. The summed E-state index contributed by atoms with van der Waals surface area (Å²) < 4.78 is 51.5. The fraction of sp³-hybridized carbons (Fsp3) is 0.423. The zero-order valence-corrected chi connectivity index (χ0v) is 21.2. The minimum atomic E-state index is -4.48. The maximum Gasteiger partial charge on any atom is 0.416 e. The highest BCUT2D eigenvalue weighted by molar-refractivity contribution is 6.02. The molecule has 2 aromatic carbocycles. The second kappa shape index (κ2) is 10.8. The lowest BCUT2D eigenvalue weighted by Crippen LogP contribution is -2.40. The number of methoxy groups -OCH3 is 1. The number of hydrogen-bond donors (Lipinski definition) is 2. The molecule has 1 atom stereocenters. The predicted molar refractivity (Wildman–Crippen MR) is 135 cm³/mol. The Labute approximate surface area is 213 Å². The Bertz CT molecular complexity index is 1290. The van der Waals surface area contributed by atoms with Crippen molar-refractivity contribution in [2.45, 2.75) is 33.0 Å². The summed E-state index contributed by atoms with van der Waals surface area (Å²) in [4.78, 5) is 23.9. The first-order valence-corrected chi connectivity index (χ1v) is 12.1. The van der Waals surface area contributed by atoms with Gasteiger partial charge in [0, 0.05) is 30.7 Å². The fourth-order valence-electron chi connectivity index (χ4n) is 4.31. The summed E-state index contributed by atoms with van der Waals surface area (Å²) in [6.07, 6.45) is -4.48. The van der Waals surface area contributed by atoms with Gasteiger partial charge < -0.3 is 25.0 Å². The van der Waals surface area contributed by atoms with Crippen LogP contribution in [0.4, 0.5) is 24.7 Å². The van der Waals surface area contributed by atoms with Crippen molar-refractivity contribution in [3.8, 4) is 5.75 Å². The van der Waals surface area contributed by atoms with Crippen LogP contribution in [0.3, 0.4) is 0 Å². The lowest BCUT2D eigenvalue weighted by molar-refractivity contribution is -0.137. The molecule has 0 radical (unpaired) electrons. The van der Waals surface area contributed by atoms with E-state index in [0.29, 0.717) is 78.0 Å². The van der Waals surface area contributed by atoms with Crippen LogP contribution < -0.4 is 15.4 Å². The quantitative estimate of drug-likeness (QED) is 0.454. The van der Waals surface area contributed by atoms with E-state index in [4.69, 9.17) is 9.47 Å². The highest BCUT2D eigenvalue weighted by atomic mass is 19.4. The number of aryl methyl sites for hydroxylation is 1. The van der Waals surface area contributed by atoms with Gasteiger partial charge in [-0.05, 0) is 56.7 Å². The predicted octanol–water partition coefficient (Wildman–Crippen LogP) is 5.04. The summed E-state index contributed by atoms with van der Waals surface area (Å²) in [7, 11) is 1.48. The molecular weight excluding hydrogens is 487 g/mol. The number of nitrogens with one attached hydrogen (secondary N) is 2. The van der Waals surface area contributed by atoms with Gasteiger partial charge in [-0.25, -0.2) is 9.97 Å². The highest BCUT2D eigenvalue weighted by Crippen LogP contribution is 2.35. The molecule has 0 aliphatic carbocycles. The van der Waals surface area contributed by atoms with Gasteiger partial charge in [-0.15, -0.1) is 0 Å². The maximum atomic E-state index is 13.5. The van der Waals surface area contributed by atoms with Crippen LogP contribution in [0.1, 0.15) is 47.2 Å². The van der Waals surface area contributed by atoms with E-state index in [2.05, 4.69) is 20.6 Å². The van der Waals surface area contributed by atoms with E-state index in [9.17, 15) is 18.0 Å². The lowest BCUT2D eigenvalue weighted by atomic mass is 10.0. The molecule has 3 aromatic rings. The Balaban J connectivity index is 1.72. The first-order chi connectivity index (χ1) is 17.6. The van der Waals surface area contributed by atoms with Crippen molar-refractivity contribution in [3.05, 3.63) is 52.8 Å². The number of nitrogens with zero attached hydrogens (tertiary/aromatic N) is 3. The fourth-order valence-corrected chi connectivity index (χ4v) is 4.31. The number of ether oxygens (including phenoxy) is 2. The van der Waals surface area contributed by atoms with Crippen LogP contribution in [0, 0.1) is 6.92 Å². The molecule has 2 heterocycles. The Morgan fingerprint density at radius 3 is 2.54 bits per heavy atom. The third-order valence-corrected chi connectivity index (χ3v) is 6.17. The molecule has 0 saturated carbocycles. The zero-order valence-electron chi connectivity index (χ0n) is 21.2. The number of aromatic nitrogens is 2. The molecule has 1 saturated heterocycles. The van der Waals surface area contributed by atoms with Crippen molar-refractivity contribution in [2.24, 2.45) is 0 Å². The molecule has 4 rings (SSSR count). The number of rotatable bonds is 7. The normalized spacial score (nSPS) is 14.9. The standard InChI is InChI=1S/C26H30F3N5O3/c1-5-30-19-11-17(10-18(12-19)26(27,28)29)15(2)31-24-20-14-23(36-4)21(13-22(20)32-16(3)33-24)25(35)34-6-8-37-9-7-34/h10-15,30H,5-9H2,1-4H3,(H,31,32,33)/t15-/m1/s1. The van der Waals surface area contributed by atoms with E-state index >= 15 is 0 Å². The molecular formula is C26H30F3N5O3. The molecule has 11 heteroatoms. The molecule has 8 nitrogen and oxygen atoms in total. The van der Waals surface area contributed by atoms with Gasteiger partial charge in [0.05, 0.1) is 43.0 Å². The minimum Gasteiger partial charge on any atom is -0.496 e. The summed E-state index contributed by atoms with van der Waals surface area (Å²) in [5.74, 6) is 1.07. The van der Waals surface area contributed by atoms with Crippen molar-refractivity contribution in [1.82, 2.24) is 14.9 Å². The van der Waals surface area contributed by atoms with Crippen LogP contribution in [0.2, 0.25) is 0 Å². The van der Waals surface area contributed by atoms with E-state index in [1.807, 2.05) is 6.92 Å². The summed E-state index contributed by atoms with van der Waals surface area (Å²) in [5.41, 5.74) is 1.00. The number of fused-ring (bicyclic) bond motifs is 1. The molecule has 198 valence electrons. The summed E-state index contributed by atoms with van der Waals surface area (Å²) >= 11 is 0. The van der Waals surface area contributed by atoms with Gasteiger partial charge in [0.25, 0.3) is 5.91 Å². The highest BCUT2D eigenvalue weighted by Gasteiger charge is 2.32. The first-order valence-electron chi connectivity index (χ1n) is 12.1. The summed E-state index contributed by atoms with van der Waals surface area (Å²) in [5, 5.41) is 6.79. The average Bonchev–Trinajstić information content (AvgIpc) is 2.87. The van der Waals surface area contributed by atoms with Crippen LogP contribution >= 0.6 is 0 Å². The molecule has 0 bridgehead atoms. The smallest absolute Gasteiger partial charge is 0.416 e. The van der Waals surface area contributed by atoms with E-state index in [0.717, 1.165) is 12.1 Å². The molecule has 1 amide bonds. The SMILES string of the molecule is CCNc1cc([C@@H](C)Nc2nc(C)nc3cc(C(=O)N4CCOCC4)c(OC)cc23)cc(C(F)(F)F)c1. The largest absolute Gasteiger partial charge is 0.496 e.